The van der Waals surface area contributed by atoms with E-state index in [9.17, 15) is 4.79 Å². The molecule has 0 aliphatic rings. The van der Waals surface area contributed by atoms with Crippen molar-refractivity contribution in [1.82, 2.24) is 9.55 Å². The molecule has 0 radical (unpaired) electrons. The Morgan fingerprint density at radius 3 is 2.53 bits per heavy atom. The SMILES string of the molecule is CCOc1ccc(-n2c(SCCOc3ccc(Cl)cc3Cl)nc3ccccc3c2=O)cc1. The Kier molecular flexibility index (Phi) is 7.25. The van der Waals surface area contributed by atoms with Gasteiger partial charge in [0, 0.05) is 10.8 Å². The van der Waals surface area contributed by atoms with E-state index in [4.69, 9.17) is 37.7 Å². The standard InChI is InChI=1S/C24H20Cl2N2O3S/c1-2-30-18-10-8-17(9-11-18)28-23(29)19-5-3-4-6-21(19)27-24(28)32-14-13-31-22-12-7-16(25)15-20(22)26/h3-12,15H,2,13-14H2,1H3. The van der Waals surface area contributed by atoms with E-state index in [2.05, 4.69) is 0 Å². The minimum Gasteiger partial charge on any atom is -0.494 e. The maximum atomic E-state index is 13.3. The molecule has 4 rings (SSSR count). The lowest BCUT2D eigenvalue weighted by Gasteiger charge is -2.14. The highest BCUT2D eigenvalue weighted by Gasteiger charge is 2.14. The number of hydrogen-bond acceptors (Lipinski definition) is 5. The summed E-state index contributed by atoms with van der Waals surface area (Å²) in [5.41, 5.74) is 1.26. The van der Waals surface area contributed by atoms with Gasteiger partial charge in [-0.15, -0.1) is 0 Å². The van der Waals surface area contributed by atoms with Gasteiger partial charge in [0.05, 0.1) is 34.8 Å². The average Bonchev–Trinajstić information content (AvgIpc) is 2.79. The number of fused-ring (bicyclic) bond motifs is 1. The van der Waals surface area contributed by atoms with Crippen LogP contribution in [0.1, 0.15) is 6.92 Å². The minimum atomic E-state index is -0.121. The summed E-state index contributed by atoms with van der Waals surface area (Å²) in [4.78, 5) is 18.0. The van der Waals surface area contributed by atoms with Crippen LogP contribution in [0, 0.1) is 0 Å². The summed E-state index contributed by atoms with van der Waals surface area (Å²) in [7, 11) is 0. The first-order valence-corrected chi connectivity index (χ1v) is 11.8. The molecule has 32 heavy (non-hydrogen) atoms. The molecule has 1 aromatic heterocycles. The molecule has 0 N–H and O–H groups in total. The number of aromatic nitrogens is 2. The third-order valence-electron chi connectivity index (χ3n) is 4.62. The number of benzene rings is 3. The summed E-state index contributed by atoms with van der Waals surface area (Å²) in [5, 5.41) is 2.16. The molecule has 0 saturated heterocycles. The second-order valence-corrected chi connectivity index (χ2v) is 8.66. The van der Waals surface area contributed by atoms with Crippen LogP contribution in [0.3, 0.4) is 0 Å². The van der Waals surface area contributed by atoms with Crippen LogP contribution in [-0.4, -0.2) is 28.5 Å². The smallest absolute Gasteiger partial charge is 0.266 e. The fourth-order valence-electron chi connectivity index (χ4n) is 3.17. The number of nitrogens with zero attached hydrogens (tertiary/aromatic N) is 2. The molecule has 8 heteroatoms. The van der Waals surface area contributed by atoms with Gasteiger partial charge in [0.25, 0.3) is 5.56 Å². The maximum Gasteiger partial charge on any atom is 0.266 e. The van der Waals surface area contributed by atoms with Crippen LogP contribution in [-0.2, 0) is 0 Å². The zero-order valence-corrected chi connectivity index (χ0v) is 19.6. The summed E-state index contributed by atoms with van der Waals surface area (Å²) < 4.78 is 12.9. The van der Waals surface area contributed by atoms with Crippen LogP contribution >= 0.6 is 35.0 Å². The number of rotatable bonds is 8. The second-order valence-electron chi connectivity index (χ2n) is 6.75. The lowest BCUT2D eigenvalue weighted by atomic mass is 10.2. The molecule has 0 fully saturated rings. The van der Waals surface area contributed by atoms with E-state index in [1.54, 1.807) is 28.8 Å². The molecule has 0 spiro atoms. The predicted molar refractivity (Wildman–Crippen MR) is 131 cm³/mol. The van der Waals surface area contributed by atoms with Gasteiger partial charge in [0.1, 0.15) is 11.5 Å². The van der Waals surface area contributed by atoms with Crippen LogP contribution in [0.5, 0.6) is 11.5 Å². The molecule has 0 unspecified atom stereocenters. The van der Waals surface area contributed by atoms with Crippen molar-refractivity contribution in [1.29, 1.82) is 0 Å². The van der Waals surface area contributed by atoms with Gasteiger partial charge in [-0.25, -0.2) is 4.98 Å². The van der Waals surface area contributed by atoms with Gasteiger partial charge < -0.3 is 9.47 Å². The normalized spacial score (nSPS) is 11.0. The second kappa shape index (κ2) is 10.3. The van der Waals surface area contributed by atoms with Crippen LogP contribution in [0.25, 0.3) is 16.6 Å². The Bertz CT molecular complexity index is 1290. The summed E-state index contributed by atoms with van der Waals surface area (Å²) in [6.07, 6.45) is 0. The molecule has 0 atom stereocenters. The maximum absolute atomic E-state index is 13.3. The van der Waals surface area contributed by atoms with Gasteiger partial charge >= 0.3 is 0 Å². The Morgan fingerprint density at radius 1 is 1.00 bits per heavy atom. The number of para-hydroxylation sites is 1. The van der Waals surface area contributed by atoms with Crippen molar-refractivity contribution in [3.63, 3.8) is 0 Å². The van der Waals surface area contributed by atoms with E-state index >= 15 is 0 Å². The molecular weight excluding hydrogens is 467 g/mol. The summed E-state index contributed by atoms with van der Waals surface area (Å²) >= 11 is 13.5. The quantitative estimate of drug-likeness (QED) is 0.167. The van der Waals surface area contributed by atoms with E-state index in [0.29, 0.717) is 50.8 Å². The fourth-order valence-corrected chi connectivity index (χ4v) is 4.46. The highest BCUT2D eigenvalue weighted by atomic mass is 35.5. The number of halogens is 2. The van der Waals surface area contributed by atoms with Crippen molar-refractivity contribution in [2.75, 3.05) is 19.0 Å². The highest BCUT2D eigenvalue weighted by molar-refractivity contribution is 7.99. The average molecular weight is 487 g/mol. The van der Waals surface area contributed by atoms with Crippen LogP contribution < -0.4 is 15.0 Å². The molecule has 0 aliphatic carbocycles. The molecule has 0 amide bonds. The van der Waals surface area contributed by atoms with Crippen LogP contribution in [0.15, 0.2) is 76.7 Å². The summed E-state index contributed by atoms with van der Waals surface area (Å²) in [6.45, 7) is 2.90. The Labute approximate surface area is 199 Å². The zero-order valence-electron chi connectivity index (χ0n) is 17.3. The molecule has 3 aromatic carbocycles. The third kappa shape index (κ3) is 5.04. The van der Waals surface area contributed by atoms with Gasteiger partial charge in [-0.3, -0.25) is 9.36 Å². The van der Waals surface area contributed by atoms with Crippen LogP contribution in [0.4, 0.5) is 0 Å². The van der Waals surface area contributed by atoms with Crippen molar-refractivity contribution in [3.05, 3.63) is 87.1 Å². The van der Waals surface area contributed by atoms with Gasteiger partial charge in [-0.2, -0.15) is 0 Å². The lowest BCUT2D eigenvalue weighted by molar-refractivity contribution is 0.340. The molecule has 164 valence electrons. The zero-order chi connectivity index (χ0) is 22.5. The molecule has 0 saturated carbocycles. The topological polar surface area (TPSA) is 53.4 Å². The predicted octanol–water partition coefficient (Wildman–Crippen LogP) is 6.26. The molecule has 4 aromatic rings. The Hall–Kier alpha value is -2.67. The van der Waals surface area contributed by atoms with Gasteiger partial charge in [0.15, 0.2) is 5.16 Å². The first kappa shape index (κ1) is 22.5. The van der Waals surface area contributed by atoms with Gasteiger partial charge in [-0.1, -0.05) is 47.1 Å². The van der Waals surface area contributed by atoms with Crippen molar-refractivity contribution in [2.45, 2.75) is 12.1 Å². The Morgan fingerprint density at radius 2 is 1.78 bits per heavy atom. The van der Waals surface area contributed by atoms with E-state index in [1.807, 2.05) is 49.4 Å². The van der Waals surface area contributed by atoms with Crippen molar-refractivity contribution in [2.24, 2.45) is 0 Å². The fraction of sp³-hybridized carbons (Fsp3) is 0.167. The number of thioether (sulfide) groups is 1. The molecular formula is C24H20Cl2N2O3S. The van der Waals surface area contributed by atoms with Gasteiger partial charge in [0.2, 0.25) is 0 Å². The molecule has 1 heterocycles. The largest absolute Gasteiger partial charge is 0.494 e. The molecule has 5 nitrogen and oxygen atoms in total. The monoisotopic (exact) mass is 486 g/mol. The first-order chi connectivity index (χ1) is 15.6. The van der Waals surface area contributed by atoms with Crippen molar-refractivity contribution < 1.29 is 9.47 Å². The van der Waals surface area contributed by atoms with E-state index < -0.39 is 0 Å². The Balaban J connectivity index is 1.60. The molecule has 0 aliphatic heterocycles. The molecule has 0 bridgehead atoms. The third-order valence-corrected chi connectivity index (χ3v) is 6.05. The van der Waals surface area contributed by atoms with Crippen LogP contribution in [0.2, 0.25) is 10.0 Å². The number of ether oxygens (including phenoxy) is 2. The minimum absolute atomic E-state index is 0.121. The number of hydrogen-bond donors (Lipinski definition) is 0. The highest BCUT2D eigenvalue weighted by Crippen LogP contribution is 2.28. The van der Waals surface area contributed by atoms with E-state index in [1.165, 1.54) is 11.8 Å². The summed E-state index contributed by atoms with van der Waals surface area (Å²) in [6, 6.07) is 19.8. The van der Waals surface area contributed by atoms with Crippen molar-refractivity contribution >= 4 is 45.9 Å². The summed E-state index contributed by atoms with van der Waals surface area (Å²) in [5.74, 6) is 1.88. The van der Waals surface area contributed by atoms with Crippen molar-refractivity contribution in [3.8, 4) is 17.2 Å². The van der Waals surface area contributed by atoms with E-state index in [-0.39, 0.29) is 5.56 Å². The lowest BCUT2D eigenvalue weighted by Crippen LogP contribution is -2.22. The first-order valence-electron chi connectivity index (χ1n) is 10.0. The van der Waals surface area contributed by atoms with Gasteiger partial charge in [-0.05, 0) is 61.5 Å². The van der Waals surface area contributed by atoms with E-state index in [0.717, 1.165) is 11.4 Å².